The van der Waals surface area contributed by atoms with Crippen LogP contribution in [0.3, 0.4) is 0 Å². The Morgan fingerprint density at radius 3 is 2.32 bits per heavy atom. The fraction of sp³-hybridized carbons (Fsp3) is 0.333. The lowest BCUT2D eigenvalue weighted by atomic mass is 10.1. The number of hydrogen-bond donors (Lipinski definition) is 1. The van der Waals surface area contributed by atoms with Crippen molar-refractivity contribution in [3.8, 4) is 6.07 Å². The van der Waals surface area contributed by atoms with Crippen LogP contribution in [0.25, 0.3) is 0 Å². The van der Waals surface area contributed by atoms with Crippen molar-refractivity contribution in [2.45, 2.75) is 13.1 Å². The highest BCUT2D eigenvalue weighted by Crippen LogP contribution is 2.10. The Morgan fingerprint density at radius 1 is 1.05 bits per heavy atom. The van der Waals surface area contributed by atoms with Crippen LogP contribution in [0.15, 0.2) is 24.3 Å². The Morgan fingerprint density at radius 2 is 1.73 bits per heavy atom. The third-order valence-corrected chi connectivity index (χ3v) is 3.03. The van der Waals surface area contributed by atoms with Crippen LogP contribution in [0.1, 0.15) is 17.0 Å². The molecule has 0 aliphatic rings. The quantitative estimate of drug-likeness (QED) is 0.880. The van der Waals surface area contributed by atoms with Gasteiger partial charge in [-0.2, -0.15) is 20.2 Å². The number of benzene rings is 1. The minimum atomic E-state index is 0.223. The maximum absolute atomic E-state index is 8.80. The van der Waals surface area contributed by atoms with E-state index in [-0.39, 0.29) is 5.95 Å². The summed E-state index contributed by atoms with van der Waals surface area (Å²) in [7, 11) is 5.70. The Bertz CT molecular complexity index is 673. The highest BCUT2D eigenvalue weighted by Gasteiger charge is 2.09. The van der Waals surface area contributed by atoms with Crippen LogP contribution in [-0.4, -0.2) is 41.0 Å². The predicted octanol–water partition coefficient (Wildman–Crippen LogP) is 1.02. The molecule has 7 heteroatoms. The third-order valence-electron chi connectivity index (χ3n) is 3.03. The van der Waals surface area contributed by atoms with Crippen molar-refractivity contribution in [1.82, 2.24) is 19.9 Å². The molecule has 22 heavy (non-hydrogen) atoms. The number of anilines is 2. The Hall–Kier alpha value is -2.72. The number of nitrogens with two attached hydrogens (primary N) is 1. The van der Waals surface area contributed by atoms with Crippen molar-refractivity contribution in [2.24, 2.45) is 0 Å². The number of aromatic nitrogens is 3. The molecule has 0 fully saturated rings. The summed E-state index contributed by atoms with van der Waals surface area (Å²) in [6, 6.07) is 9.63. The molecule has 0 bridgehead atoms. The van der Waals surface area contributed by atoms with Gasteiger partial charge in [-0.05, 0) is 24.7 Å². The first-order valence-corrected chi connectivity index (χ1v) is 6.83. The van der Waals surface area contributed by atoms with Gasteiger partial charge in [0, 0.05) is 20.6 Å². The van der Waals surface area contributed by atoms with Crippen LogP contribution < -0.4 is 10.6 Å². The molecule has 2 N–H and O–H groups in total. The standard InChI is InChI=1S/C15H19N7/c1-21(2)15-19-13(18-14(17)20-15)10-22(3)9-12-6-4-11(8-16)5-7-12/h4-7H,9-10H2,1-3H3,(H2,17,18,19,20). The average molecular weight is 297 g/mol. The summed E-state index contributed by atoms with van der Waals surface area (Å²) >= 11 is 0. The smallest absolute Gasteiger partial charge is 0.229 e. The van der Waals surface area contributed by atoms with Crippen molar-refractivity contribution in [3.63, 3.8) is 0 Å². The molecule has 0 unspecified atom stereocenters. The molecule has 7 nitrogen and oxygen atoms in total. The van der Waals surface area contributed by atoms with E-state index in [1.807, 2.05) is 45.4 Å². The zero-order chi connectivity index (χ0) is 16.1. The molecule has 1 heterocycles. The largest absolute Gasteiger partial charge is 0.368 e. The van der Waals surface area contributed by atoms with Crippen LogP contribution in [0.5, 0.6) is 0 Å². The van der Waals surface area contributed by atoms with Crippen molar-refractivity contribution >= 4 is 11.9 Å². The van der Waals surface area contributed by atoms with Crippen molar-refractivity contribution in [2.75, 3.05) is 31.8 Å². The van der Waals surface area contributed by atoms with Gasteiger partial charge in [0.05, 0.1) is 18.2 Å². The Kier molecular flexibility index (Phi) is 4.86. The summed E-state index contributed by atoms with van der Waals surface area (Å²) in [5.74, 6) is 1.40. The molecule has 0 radical (unpaired) electrons. The molecule has 0 saturated heterocycles. The number of nitrogen functional groups attached to an aromatic ring is 1. The molecule has 0 amide bonds. The van der Waals surface area contributed by atoms with Crippen LogP contribution in [-0.2, 0) is 13.1 Å². The molecule has 114 valence electrons. The number of rotatable bonds is 5. The normalized spacial score (nSPS) is 10.5. The minimum Gasteiger partial charge on any atom is -0.368 e. The summed E-state index contributed by atoms with van der Waals surface area (Å²) in [5.41, 5.74) is 7.50. The molecule has 0 aliphatic heterocycles. The molecule has 1 aromatic heterocycles. The van der Waals surface area contributed by atoms with Crippen LogP contribution in [0, 0.1) is 11.3 Å². The summed E-state index contributed by atoms with van der Waals surface area (Å²) < 4.78 is 0. The van der Waals surface area contributed by atoms with Gasteiger partial charge >= 0.3 is 0 Å². The molecule has 2 rings (SSSR count). The van der Waals surface area contributed by atoms with E-state index >= 15 is 0 Å². The van der Waals surface area contributed by atoms with E-state index in [1.165, 1.54) is 0 Å². The lowest BCUT2D eigenvalue weighted by molar-refractivity contribution is 0.310. The lowest BCUT2D eigenvalue weighted by Gasteiger charge is -2.17. The number of nitriles is 1. The van der Waals surface area contributed by atoms with Gasteiger partial charge in [0.2, 0.25) is 11.9 Å². The van der Waals surface area contributed by atoms with Crippen LogP contribution in [0.2, 0.25) is 0 Å². The maximum atomic E-state index is 8.80. The van der Waals surface area contributed by atoms with Gasteiger partial charge in [-0.15, -0.1) is 0 Å². The number of nitrogens with zero attached hydrogens (tertiary/aromatic N) is 6. The second-order valence-electron chi connectivity index (χ2n) is 5.29. The fourth-order valence-corrected chi connectivity index (χ4v) is 1.99. The topological polar surface area (TPSA) is 95.0 Å². The monoisotopic (exact) mass is 297 g/mol. The van der Waals surface area contributed by atoms with E-state index in [0.717, 1.165) is 12.1 Å². The van der Waals surface area contributed by atoms with Gasteiger partial charge in [0.1, 0.15) is 5.82 Å². The lowest BCUT2D eigenvalue weighted by Crippen LogP contribution is -2.22. The third kappa shape index (κ3) is 4.14. The molecule has 0 saturated carbocycles. The molecular formula is C15H19N7. The highest BCUT2D eigenvalue weighted by molar-refractivity contribution is 5.33. The average Bonchev–Trinajstić information content (AvgIpc) is 2.47. The fourth-order valence-electron chi connectivity index (χ4n) is 1.99. The van der Waals surface area contributed by atoms with E-state index < -0.39 is 0 Å². The first-order valence-electron chi connectivity index (χ1n) is 6.83. The molecule has 0 aliphatic carbocycles. The molecule has 0 spiro atoms. The SMILES string of the molecule is CN(Cc1ccc(C#N)cc1)Cc1nc(N)nc(N(C)C)n1. The molecule has 2 aromatic rings. The predicted molar refractivity (Wildman–Crippen MR) is 84.9 cm³/mol. The second kappa shape index (κ2) is 6.83. The summed E-state index contributed by atoms with van der Waals surface area (Å²) in [6.45, 7) is 1.29. The van der Waals surface area contributed by atoms with Gasteiger partial charge in [0.15, 0.2) is 0 Å². The zero-order valence-corrected chi connectivity index (χ0v) is 13.0. The van der Waals surface area contributed by atoms with E-state index in [2.05, 4.69) is 25.9 Å². The molecule has 1 aromatic carbocycles. The molecular weight excluding hydrogens is 278 g/mol. The Labute approximate surface area is 130 Å². The minimum absolute atomic E-state index is 0.223. The maximum Gasteiger partial charge on any atom is 0.229 e. The zero-order valence-electron chi connectivity index (χ0n) is 13.0. The first kappa shape index (κ1) is 15.7. The van der Waals surface area contributed by atoms with Gasteiger partial charge in [-0.1, -0.05) is 12.1 Å². The summed E-state index contributed by atoms with van der Waals surface area (Å²) in [6.07, 6.45) is 0. The van der Waals surface area contributed by atoms with E-state index in [1.54, 1.807) is 4.90 Å². The van der Waals surface area contributed by atoms with Crippen LogP contribution >= 0.6 is 0 Å². The first-order chi connectivity index (χ1) is 10.5. The van der Waals surface area contributed by atoms with Gasteiger partial charge in [-0.3, -0.25) is 4.90 Å². The van der Waals surface area contributed by atoms with Gasteiger partial charge in [-0.25, -0.2) is 0 Å². The highest BCUT2D eigenvalue weighted by atomic mass is 15.3. The van der Waals surface area contributed by atoms with Gasteiger partial charge < -0.3 is 10.6 Å². The summed E-state index contributed by atoms with van der Waals surface area (Å²) in [5, 5.41) is 8.80. The van der Waals surface area contributed by atoms with E-state index in [9.17, 15) is 0 Å². The van der Waals surface area contributed by atoms with Crippen LogP contribution in [0.4, 0.5) is 11.9 Å². The van der Waals surface area contributed by atoms with Gasteiger partial charge in [0.25, 0.3) is 0 Å². The van der Waals surface area contributed by atoms with Crippen molar-refractivity contribution in [3.05, 3.63) is 41.2 Å². The molecule has 0 atom stereocenters. The van der Waals surface area contributed by atoms with E-state index in [4.69, 9.17) is 11.0 Å². The number of hydrogen-bond acceptors (Lipinski definition) is 7. The van der Waals surface area contributed by atoms with E-state index in [0.29, 0.717) is 23.9 Å². The van der Waals surface area contributed by atoms with Crippen molar-refractivity contribution in [1.29, 1.82) is 5.26 Å². The Balaban J connectivity index is 2.05. The second-order valence-corrected chi connectivity index (χ2v) is 5.29. The summed E-state index contributed by atoms with van der Waals surface area (Å²) in [4.78, 5) is 16.5. The van der Waals surface area contributed by atoms with Crippen molar-refractivity contribution < 1.29 is 0 Å².